The van der Waals surface area contributed by atoms with Crippen LogP contribution in [0.2, 0.25) is 0 Å². The average Bonchev–Trinajstić information content (AvgIpc) is 2.75. The van der Waals surface area contributed by atoms with Gasteiger partial charge in [-0.15, -0.1) is 0 Å². The molecule has 32 heavy (non-hydrogen) atoms. The molecule has 0 bridgehead atoms. The lowest BCUT2D eigenvalue weighted by Crippen LogP contribution is -2.48. The van der Waals surface area contributed by atoms with Gasteiger partial charge >= 0.3 is 11.9 Å². The Labute approximate surface area is 190 Å². The van der Waals surface area contributed by atoms with Crippen LogP contribution in [0.25, 0.3) is 0 Å². The van der Waals surface area contributed by atoms with Crippen molar-refractivity contribution in [2.24, 2.45) is 0 Å². The SMILES string of the molecule is CCOC(=O)C1=C(C)N(c2ccc(F)cc2)C(=S)N[C@@H]1c1ccc(OCCC(=O)O)cc1. The van der Waals surface area contributed by atoms with E-state index in [1.807, 2.05) is 0 Å². The maximum absolute atomic E-state index is 13.4. The maximum Gasteiger partial charge on any atom is 0.338 e. The largest absolute Gasteiger partial charge is 0.493 e. The summed E-state index contributed by atoms with van der Waals surface area (Å²) in [5, 5.41) is 12.3. The van der Waals surface area contributed by atoms with Crippen LogP contribution in [0.5, 0.6) is 5.75 Å². The van der Waals surface area contributed by atoms with Crippen LogP contribution >= 0.6 is 12.2 Å². The third kappa shape index (κ3) is 5.23. The third-order valence-electron chi connectivity index (χ3n) is 4.86. The van der Waals surface area contributed by atoms with Crippen LogP contribution in [0.1, 0.15) is 31.9 Å². The van der Waals surface area contributed by atoms with E-state index in [0.717, 1.165) is 5.56 Å². The van der Waals surface area contributed by atoms with E-state index in [1.54, 1.807) is 55.1 Å². The van der Waals surface area contributed by atoms with Crippen molar-refractivity contribution in [3.8, 4) is 5.75 Å². The molecule has 1 aliphatic heterocycles. The minimum absolute atomic E-state index is 0.0557. The number of ether oxygens (including phenoxy) is 2. The molecule has 2 aromatic carbocycles. The van der Waals surface area contributed by atoms with Crippen molar-refractivity contribution in [1.29, 1.82) is 0 Å². The minimum atomic E-state index is -0.938. The normalized spacial score (nSPS) is 15.9. The summed E-state index contributed by atoms with van der Waals surface area (Å²) >= 11 is 5.56. The van der Waals surface area contributed by atoms with Crippen molar-refractivity contribution < 1.29 is 28.6 Å². The van der Waals surface area contributed by atoms with Gasteiger partial charge < -0.3 is 19.9 Å². The number of allylic oxidation sites excluding steroid dienone is 1. The number of hydrogen-bond acceptors (Lipinski definition) is 5. The van der Waals surface area contributed by atoms with Crippen molar-refractivity contribution in [1.82, 2.24) is 5.32 Å². The molecule has 0 amide bonds. The van der Waals surface area contributed by atoms with Crippen LogP contribution in [0.3, 0.4) is 0 Å². The van der Waals surface area contributed by atoms with E-state index in [0.29, 0.717) is 27.8 Å². The van der Waals surface area contributed by atoms with E-state index in [-0.39, 0.29) is 25.5 Å². The molecule has 1 atom stereocenters. The molecule has 2 aromatic rings. The number of halogens is 1. The molecule has 1 aliphatic rings. The summed E-state index contributed by atoms with van der Waals surface area (Å²) in [4.78, 5) is 25.2. The van der Waals surface area contributed by atoms with Crippen LogP contribution in [-0.2, 0) is 14.3 Å². The zero-order valence-electron chi connectivity index (χ0n) is 17.6. The average molecular weight is 459 g/mol. The molecule has 2 N–H and O–H groups in total. The molecule has 168 valence electrons. The molecule has 0 aromatic heterocycles. The summed E-state index contributed by atoms with van der Waals surface area (Å²) < 4.78 is 24.1. The van der Waals surface area contributed by atoms with Gasteiger partial charge in [0.25, 0.3) is 0 Å². The summed E-state index contributed by atoms with van der Waals surface area (Å²) in [6.07, 6.45) is -0.103. The Hall–Kier alpha value is -3.46. The number of nitrogens with zero attached hydrogens (tertiary/aromatic N) is 1. The van der Waals surface area contributed by atoms with Gasteiger partial charge in [-0.1, -0.05) is 12.1 Å². The number of carboxylic acid groups (broad SMARTS) is 1. The lowest BCUT2D eigenvalue weighted by molar-refractivity contribution is -0.139. The highest BCUT2D eigenvalue weighted by atomic mass is 32.1. The molecule has 1 heterocycles. The van der Waals surface area contributed by atoms with Gasteiger partial charge in [-0.2, -0.15) is 0 Å². The van der Waals surface area contributed by atoms with Crippen molar-refractivity contribution in [3.63, 3.8) is 0 Å². The molecule has 3 rings (SSSR count). The van der Waals surface area contributed by atoms with Gasteiger partial charge in [0.2, 0.25) is 0 Å². The Balaban J connectivity index is 1.94. The van der Waals surface area contributed by atoms with Gasteiger partial charge in [-0.05, 0) is 68.0 Å². The summed E-state index contributed by atoms with van der Waals surface area (Å²) in [5.41, 5.74) is 2.32. The van der Waals surface area contributed by atoms with E-state index in [2.05, 4.69) is 5.32 Å². The fourth-order valence-corrected chi connectivity index (χ4v) is 3.74. The Morgan fingerprint density at radius 3 is 2.41 bits per heavy atom. The Morgan fingerprint density at radius 1 is 1.16 bits per heavy atom. The number of rotatable bonds is 8. The highest BCUT2D eigenvalue weighted by Crippen LogP contribution is 2.34. The number of thiocarbonyl (C=S) groups is 1. The smallest absolute Gasteiger partial charge is 0.338 e. The highest BCUT2D eigenvalue weighted by molar-refractivity contribution is 7.80. The first-order valence-corrected chi connectivity index (χ1v) is 10.4. The molecule has 9 heteroatoms. The number of carbonyl (C=O) groups excluding carboxylic acids is 1. The minimum Gasteiger partial charge on any atom is -0.493 e. The number of carboxylic acids is 1. The predicted octanol–water partition coefficient (Wildman–Crippen LogP) is 3.95. The van der Waals surface area contributed by atoms with Gasteiger partial charge in [-0.25, -0.2) is 9.18 Å². The fraction of sp³-hybridized carbons (Fsp3) is 0.261. The first-order chi connectivity index (χ1) is 15.3. The van der Waals surface area contributed by atoms with Crippen molar-refractivity contribution in [3.05, 3.63) is 71.2 Å². The van der Waals surface area contributed by atoms with E-state index in [1.165, 1.54) is 12.1 Å². The number of aliphatic carboxylic acids is 1. The zero-order valence-corrected chi connectivity index (χ0v) is 18.4. The molecule has 0 saturated heterocycles. The van der Waals surface area contributed by atoms with E-state index in [9.17, 15) is 14.0 Å². The van der Waals surface area contributed by atoms with Gasteiger partial charge in [-0.3, -0.25) is 9.69 Å². The lowest BCUT2D eigenvalue weighted by atomic mass is 9.94. The van der Waals surface area contributed by atoms with Crippen LogP contribution in [0, 0.1) is 5.82 Å². The standard InChI is InChI=1S/C23H23FN2O5S/c1-3-30-22(29)20-14(2)26(17-8-6-16(24)7-9-17)23(32)25-21(20)15-4-10-18(11-5-15)31-13-12-19(27)28/h4-11,21H,3,12-13H2,1-2H3,(H,25,32)(H,27,28)/t21-/m1/s1. The molecule has 0 spiro atoms. The molecular weight excluding hydrogens is 435 g/mol. The Bertz CT molecular complexity index is 1040. The molecule has 0 unspecified atom stereocenters. The summed E-state index contributed by atoms with van der Waals surface area (Å²) in [6, 6.07) is 12.2. The van der Waals surface area contributed by atoms with Crippen LogP contribution in [0.15, 0.2) is 59.8 Å². The number of esters is 1. The van der Waals surface area contributed by atoms with Crippen molar-refractivity contribution in [2.45, 2.75) is 26.3 Å². The summed E-state index contributed by atoms with van der Waals surface area (Å²) in [7, 11) is 0. The van der Waals surface area contributed by atoms with Gasteiger partial charge in [0, 0.05) is 11.4 Å². The monoisotopic (exact) mass is 458 g/mol. The first kappa shape index (κ1) is 23.2. The lowest BCUT2D eigenvalue weighted by Gasteiger charge is -2.37. The third-order valence-corrected chi connectivity index (χ3v) is 5.16. The van der Waals surface area contributed by atoms with E-state index < -0.39 is 18.0 Å². The number of benzene rings is 2. The maximum atomic E-state index is 13.4. The number of anilines is 1. The van der Waals surface area contributed by atoms with Crippen LogP contribution < -0.4 is 15.0 Å². The second-order valence-electron chi connectivity index (χ2n) is 6.98. The summed E-state index contributed by atoms with van der Waals surface area (Å²) in [5.74, 6) is -1.29. The van der Waals surface area contributed by atoms with Gasteiger partial charge in [0.15, 0.2) is 5.11 Å². The van der Waals surface area contributed by atoms with Crippen molar-refractivity contribution in [2.75, 3.05) is 18.1 Å². The van der Waals surface area contributed by atoms with Crippen LogP contribution in [0.4, 0.5) is 10.1 Å². The van der Waals surface area contributed by atoms with E-state index in [4.69, 9.17) is 26.8 Å². The van der Waals surface area contributed by atoms with Crippen LogP contribution in [-0.4, -0.2) is 35.4 Å². The first-order valence-electron chi connectivity index (χ1n) is 10.0. The second-order valence-corrected chi connectivity index (χ2v) is 7.36. The molecule has 0 fully saturated rings. The number of nitrogens with one attached hydrogen (secondary N) is 1. The Morgan fingerprint density at radius 2 is 1.81 bits per heavy atom. The molecular formula is C23H23FN2O5S. The molecule has 7 nitrogen and oxygen atoms in total. The highest BCUT2D eigenvalue weighted by Gasteiger charge is 2.35. The number of hydrogen-bond donors (Lipinski definition) is 2. The molecule has 0 aliphatic carbocycles. The second kappa shape index (κ2) is 10.2. The topological polar surface area (TPSA) is 88.1 Å². The molecule has 0 saturated carbocycles. The predicted molar refractivity (Wildman–Crippen MR) is 121 cm³/mol. The summed E-state index contributed by atoms with van der Waals surface area (Å²) in [6.45, 7) is 3.75. The number of carbonyl (C=O) groups is 2. The van der Waals surface area contributed by atoms with Gasteiger partial charge in [0.05, 0.1) is 31.2 Å². The van der Waals surface area contributed by atoms with Gasteiger partial charge in [0.1, 0.15) is 11.6 Å². The zero-order chi connectivity index (χ0) is 23.3. The van der Waals surface area contributed by atoms with Crippen molar-refractivity contribution >= 4 is 35.0 Å². The van der Waals surface area contributed by atoms with E-state index >= 15 is 0 Å². The fourth-order valence-electron chi connectivity index (χ4n) is 3.38. The Kier molecular flexibility index (Phi) is 7.42. The molecule has 0 radical (unpaired) electrons. The quantitative estimate of drug-likeness (QED) is 0.454.